The summed E-state index contributed by atoms with van der Waals surface area (Å²) in [4.78, 5) is 14.1. The summed E-state index contributed by atoms with van der Waals surface area (Å²) in [5, 5.41) is 7.43. The molecular formula is C19H25N3O2. The fraction of sp³-hybridized carbons (Fsp3) is 0.474. The molecule has 3 rings (SSSR count). The van der Waals surface area contributed by atoms with Crippen LogP contribution < -0.4 is 0 Å². The lowest BCUT2D eigenvalue weighted by Gasteiger charge is -2.32. The van der Waals surface area contributed by atoms with Gasteiger partial charge >= 0.3 is 0 Å². The highest BCUT2D eigenvalue weighted by Crippen LogP contribution is 2.33. The number of hydrogen-bond donors (Lipinski definition) is 1. The number of nitrogens with one attached hydrogen (secondary N) is 1. The molecule has 1 saturated heterocycles. The van der Waals surface area contributed by atoms with Crippen LogP contribution in [0.25, 0.3) is 11.1 Å². The number of rotatable bonds is 5. The van der Waals surface area contributed by atoms with Crippen molar-refractivity contribution in [1.82, 2.24) is 15.1 Å². The van der Waals surface area contributed by atoms with Gasteiger partial charge in [-0.15, -0.1) is 0 Å². The Morgan fingerprint density at radius 1 is 1.29 bits per heavy atom. The van der Waals surface area contributed by atoms with E-state index in [0.29, 0.717) is 5.92 Å². The summed E-state index contributed by atoms with van der Waals surface area (Å²) in [6.45, 7) is 5.63. The second-order valence-corrected chi connectivity index (χ2v) is 6.58. The van der Waals surface area contributed by atoms with Gasteiger partial charge in [-0.1, -0.05) is 30.3 Å². The van der Waals surface area contributed by atoms with Gasteiger partial charge in [-0.05, 0) is 32.3 Å². The van der Waals surface area contributed by atoms with Gasteiger partial charge in [0.1, 0.15) is 6.61 Å². The van der Waals surface area contributed by atoms with E-state index in [1.54, 1.807) is 0 Å². The van der Waals surface area contributed by atoms with Crippen molar-refractivity contribution in [2.24, 2.45) is 0 Å². The van der Waals surface area contributed by atoms with Crippen LogP contribution in [0.2, 0.25) is 0 Å². The molecule has 5 nitrogen and oxygen atoms in total. The van der Waals surface area contributed by atoms with Crippen LogP contribution in [0.5, 0.6) is 0 Å². The number of likely N-dealkylation sites (tertiary alicyclic amines) is 1. The normalized spacial score (nSPS) is 15.9. The molecule has 1 N–H and O–H groups in total. The van der Waals surface area contributed by atoms with Gasteiger partial charge in [-0.25, -0.2) is 0 Å². The van der Waals surface area contributed by atoms with E-state index in [1.165, 1.54) is 16.8 Å². The fourth-order valence-electron chi connectivity index (χ4n) is 3.20. The smallest absolute Gasteiger partial charge is 0.248 e. The lowest BCUT2D eigenvalue weighted by atomic mass is 9.89. The number of hydrogen-bond acceptors (Lipinski definition) is 3. The Bertz CT molecular complexity index is 658. The van der Waals surface area contributed by atoms with E-state index in [4.69, 9.17) is 4.74 Å². The maximum atomic E-state index is 12.2. The summed E-state index contributed by atoms with van der Waals surface area (Å²) in [5.74, 6) is 0.507. The zero-order chi connectivity index (χ0) is 16.9. The number of H-pyrrole nitrogens is 1. The van der Waals surface area contributed by atoms with Crippen LogP contribution in [0.4, 0.5) is 0 Å². The molecule has 5 heteroatoms. The Kier molecular flexibility index (Phi) is 5.30. The monoisotopic (exact) mass is 327 g/mol. The van der Waals surface area contributed by atoms with Crippen molar-refractivity contribution >= 4 is 5.91 Å². The third kappa shape index (κ3) is 3.85. The molecule has 0 atom stereocenters. The summed E-state index contributed by atoms with van der Waals surface area (Å²) in [6, 6.07) is 10.3. The largest absolute Gasteiger partial charge is 0.369 e. The molecule has 2 heterocycles. The average Bonchev–Trinajstić information content (AvgIpc) is 3.10. The number of nitrogens with zero attached hydrogens (tertiary/aromatic N) is 2. The average molecular weight is 327 g/mol. The van der Waals surface area contributed by atoms with E-state index in [-0.39, 0.29) is 18.6 Å². The Morgan fingerprint density at radius 3 is 2.67 bits per heavy atom. The van der Waals surface area contributed by atoms with E-state index in [9.17, 15) is 4.79 Å². The first-order valence-electron chi connectivity index (χ1n) is 8.63. The number of carbonyl (C=O) groups is 1. The number of benzene rings is 1. The molecule has 128 valence electrons. The van der Waals surface area contributed by atoms with Gasteiger partial charge in [-0.3, -0.25) is 9.89 Å². The predicted octanol–water partition coefficient (Wildman–Crippen LogP) is 3.21. The highest BCUT2D eigenvalue weighted by Gasteiger charge is 2.26. The van der Waals surface area contributed by atoms with E-state index >= 15 is 0 Å². The van der Waals surface area contributed by atoms with Crippen LogP contribution in [0.3, 0.4) is 0 Å². The third-order valence-corrected chi connectivity index (χ3v) is 4.55. The van der Waals surface area contributed by atoms with Gasteiger partial charge in [0.2, 0.25) is 5.91 Å². The lowest BCUT2D eigenvalue weighted by Crippen LogP contribution is -2.40. The molecule has 1 aliphatic heterocycles. The maximum Gasteiger partial charge on any atom is 0.248 e. The zero-order valence-electron chi connectivity index (χ0n) is 14.4. The van der Waals surface area contributed by atoms with Crippen LogP contribution in [0, 0.1) is 0 Å². The van der Waals surface area contributed by atoms with Gasteiger partial charge < -0.3 is 9.64 Å². The van der Waals surface area contributed by atoms with Gasteiger partial charge in [0.25, 0.3) is 0 Å². The summed E-state index contributed by atoms with van der Waals surface area (Å²) >= 11 is 0. The quantitative estimate of drug-likeness (QED) is 0.917. The van der Waals surface area contributed by atoms with Crippen molar-refractivity contribution < 1.29 is 9.53 Å². The maximum absolute atomic E-state index is 12.2. The highest BCUT2D eigenvalue weighted by molar-refractivity contribution is 5.77. The van der Waals surface area contributed by atoms with Crippen molar-refractivity contribution in [2.45, 2.75) is 38.7 Å². The fourth-order valence-corrected chi connectivity index (χ4v) is 3.20. The molecule has 2 aromatic rings. The number of ether oxygens (including phenoxy) is 1. The molecule has 1 aromatic carbocycles. The molecule has 24 heavy (non-hydrogen) atoms. The van der Waals surface area contributed by atoms with E-state index in [1.807, 2.05) is 43.1 Å². The van der Waals surface area contributed by atoms with E-state index in [2.05, 4.69) is 22.3 Å². The van der Waals surface area contributed by atoms with Crippen LogP contribution in [0.15, 0.2) is 36.5 Å². The van der Waals surface area contributed by atoms with Gasteiger partial charge in [0, 0.05) is 30.3 Å². The molecule has 1 fully saturated rings. The Morgan fingerprint density at radius 2 is 2.00 bits per heavy atom. The zero-order valence-corrected chi connectivity index (χ0v) is 14.4. The summed E-state index contributed by atoms with van der Waals surface area (Å²) < 4.78 is 5.43. The number of carbonyl (C=O) groups excluding carboxylic acids is 1. The van der Waals surface area contributed by atoms with Crippen LogP contribution in [0.1, 0.15) is 38.3 Å². The van der Waals surface area contributed by atoms with E-state index < -0.39 is 0 Å². The first-order chi connectivity index (χ1) is 11.6. The first kappa shape index (κ1) is 16.7. The predicted molar refractivity (Wildman–Crippen MR) is 93.7 cm³/mol. The minimum Gasteiger partial charge on any atom is -0.369 e. The lowest BCUT2D eigenvalue weighted by molar-refractivity contribution is -0.138. The van der Waals surface area contributed by atoms with Crippen LogP contribution in [-0.2, 0) is 9.53 Å². The number of aromatic nitrogens is 2. The van der Waals surface area contributed by atoms with Crippen molar-refractivity contribution in [1.29, 1.82) is 0 Å². The molecule has 0 aliphatic carbocycles. The summed E-state index contributed by atoms with van der Waals surface area (Å²) in [5.41, 5.74) is 3.54. The van der Waals surface area contributed by atoms with Gasteiger partial charge in [0.15, 0.2) is 0 Å². The highest BCUT2D eigenvalue weighted by atomic mass is 16.5. The van der Waals surface area contributed by atoms with Crippen LogP contribution in [-0.4, -0.2) is 46.8 Å². The molecule has 1 amide bonds. The molecular weight excluding hydrogens is 302 g/mol. The van der Waals surface area contributed by atoms with Crippen molar-refractivity contribution in [3.63, 3.8) is 0 Å². The SMILES string of the molecule is CC(C)OCC(=O)N1CCC(c2[nH]ncc2-c2ccccc2)CC1. The molecule has 0 spiro atoms. The number of aromatic amines is 1. The second-order valence-electron chi connectivity index (χ2n) is 6.58. The molecule has 1 aliphatic rings. The minimum absolute atomic E-state index is 0.0879. The van der Waals surface area contributed by atoms with Crippen molar-refractivity contribution in [3.8, 4) is 11.1 Å². The Balaban J connectivity index is 1.62. The Labute approximate surface area is 143 Å². The molecule has 0 unspecified atom stereocenters. The summed E-state index contributed by atoms with van der Waals surface area (Å²) in [6.07, 6.45) is 3.90. The second kappa shape index (κ2) is 7.62. The van der Waals surface area contributed by atoms with Crippen LogP contribution >= 0.6 is 0 Å². The van der Waals surface area contributed by atoms with Crippen molar-refractivity contribution in [2.75, 3.05) is 19.7 Å². The summed E-state index contributed by atoms with van der Waals surface area (Å²) in [7, 11) is 0. The standard InChI is InChI=1S/C19H25N3O2/c1-14(2)24-13-18(23)22-10-8-16(9-11-22)19-17(12-20-21-19)15-6-4-3-5-7-15/h3-7,12,14,16H,8-11,13H2,1-2H3,(H,20,21). The Hall–Kier alpha value is -2.14. The van der Waals surface area contributed by atoms with Gasteiger partial charge in [-0.2, -0.15) is 5.10 Å². The molecule has 0 bridgehead atoms. The van der Waals surface area contributed by atoms with Crippen molar-refractivity contribution in [3.05, 3.63) is 42.2 Å². The first-order valence-corrected chi connectivity index (χ1v) is 8.63. The molecule has 1 aromatic heterocycles. The van der Waals surface area contributed by atoms with E-state index in [0.717, 1.165) is 25.9 Å². The topological polar surface area (TPSA) is 58.2 Å². The van der Waals surface area contributed by atoms with Gasteiger partial charge in [0.05, 0.1) is 12.3 Å². The minimum atomic E-state index is 0.0879. The molecule has 0 radical (unpaired) electrons. The number of amides is 1. The molecule has 0 saturated carbocycles. The number of piperidine rings is 1. The third-order valence-electron chi connectivity index (χ3n) is 4.55.